The average Bonchev–Trinajstić information content (AvgIpc) is 2.94. The van der Waals surface area contributed by atoms with E-state index >= 15 is 0 Å². The summed E-state index contributed by atoms with van der Waals surface area (Å²) in [6.45, 7) is 0. The van der Waals surface area contributed by atoms with E-state index in [2.05, 4.69) is 5.32 Å². The summed E-state index contributed by atoms with van der Waals surface area (Å²) in [5.74, 6) is -2.33. The van der Waals surface area contributed by atoms with Crippen LogP contribution in [0.15, 0.2) is 24.3 Å². The first-order valence-corrected chi connectivity index (χ1v) is 7.02. The smallest absolute Gasteiger partial charge is 0.277 e. The second-order valence-corrected chi connectivity index (χ2v) is 5.47. The van der Waals surface area contributed by atoms with Gasteiger partial charge in [-0.05, 0) is 43.0 Å². The van der Waals surface area contributed by atoms with Gasteiger partial charge >= 0.3 is 6.03 Å². The number of carbonyl (C=O) groups excluding carboxylic acids is 3. The highest BCUT2D eigenvalue weighted by atomic mass is 19.1. The number of nitrogens with zero attached hydrogens (tertiary/aromatic N) is 1. The fourth-order valence-electron chi connectivity index (χ4n) is 3.13. The first kappa shape index (κ1) is 13.7. The van der Waals surface area contributed by atoms with E-state index in [9.17, 15) is 18.8 Å². The number of nitrogens with one attached hydrogen (secondary N) is 1. The lowest BCUT2D eigenvalue weighted by molar-refractivity contribution is -0.136. The number of barbiturate groups is 1. The fourth-order valence-corrected chi connectivity index (χ4v) is 3.13. The van der Waals surface area contributed by atoms with Crippen molar-refractivity contribution >= 4 is 23.5 Å². The second kappa shape index (κ2) is 5.27. The minimum atomic E-state index is -0.824. The number of anilines is 1. The molecule has 1 aliphatic heterocycles. The fraction of sp³-hybridized carbons (Fsp3) is 0.400. The molecule has 2 fully saturated rings. The summed E-state index contributed by atoms with van der Waals surface area (Å²) in [7, 11) is 0. The van der Waals surface area contributed by atoms with Crippen molar-refractivity contribution < 1.29 is 18.8 Å². The Hall–Kier alpha value is -2.24. The highest BCUT2D eigenvalue weighted by Gasteiger charge is 2.45. The van der Waals surface area contributed by atoms with Crippen LogP contribution in [0.1, 0.15) is 25.7 Å². The van der Waals surface area contributed by atoms with E-state index in [1.807, 2.05) is 0 Å². The number of hydrogen-bond acceptors (Lipinski definition) is 3. The summed E-state index contributed by atoms with van der Waals surface area (Å²) >= 11 is 0. The summed E-state index contributed by atoms with van der Waals surface area (Å²) in [5, 5.41) is 2.23. The zero-order chi connectivity index (χ0) is 15.0. The van der Waals surface area contributed by atoms with Crippen LogP contribution in [0.25, 0.3) is 0 Å². The molecule has 5 nitrogen and oxygen atoms in total. The first-order chi connectivity index (χ1) is 10.1. The maximum absolute atomic E-state index is 13.0. The van der Waals surface area contributed by atoms with Crippen molar-refractivity contribution in [1.29, 1.82) is 0 Å². The Morgan fingerprint density at radius 3 is 2.29 bits per heavy atom. The molecule has 4 amide bonds. The van der Waals surface area contributed by atoms with E-state index in [4.69, 9.17) is 0 Å². The van der Waals surface area contributed by atoms with Gasteiger partial charge in [-0.3, -0.25) is 14.9 Å². The molecule has 0 radical (unpaired) electrons. The quantitative estimate of drug-likeness (QED) is 0.849. The van der Waals surface area contributed by atoms with Gasteiger partial charge in [-0.25, -0.2) is 14.1 Å². The molecule has 1 aromatic carbocycles. The van der Waals surface area contributed by atoms with E-state index in [-0.39, 0.29) is 11.6 Å². The number of benzene rings is 1. The summed E-state index contributed by atoms with van der Waals surface area (Å²) < 4.78 is 13.0. The van der Waals surface area contributed by atoms with Gasteiger partial charge < -0.3 is 0 Å². The van der Waals surface area contributed by atoms with Gasteiger partial charge in [0.1, 0.15) is 11.7 Å². The molecule has 0 bridgehead atoms. The number of rotatable bonds is 2. The minimum absolute atomic E-state index is 0.0199. The molecule has 1 unspecified atom stereocenters. The van der Waals surface area contributed by atoms with Crippen LogP contribution >= 0.6 is 0 Å². The third kappa shape index (κ3) is 2.41. The minimum Gasteiger partial charge on any atom is -0.277 e. The number of imide groups is 2. The number of urea groups is 1. The maximum atomic E-state index is 13.0. The van der Waals surface area contributed by atoms with Crippen molar-refractivity contribution in [1.82, 2.24) is 5.32 Å². The predicted octanol–water partition coefficient (Wildman–Crippen LogP) is 2.21. The molecule has 21 heavy (non-hydrogen) atoms. The molecule has 3 rings (SSSR count). The van der Waals surface area contributed by atoms with Crippen molar-refractivity contribution in [3.8, 4) is 0 Å². The lowest BCUT2D eigenvalue weighted by Crippen LogP contribution is -2.59. The van der Waals surface area contributed by atoms with Crippen LogP contribution < -0.4 is 10.2 Å². The van der Waals surface area contributed by atoms with Crippen molar-refractivity contribution in [2.45, 2.75) is 25.7 Å². The van der Waals surface area contributed by atoms with E-state index in [0.29, 0.717) is 0 Å². The highest BCUT2D eigenvalue weighted by Crippen LogP contribution is 2.35. The molecule has 1 saturated heterocycles. The van der Waals surface area contributed by atoms with Crippen LogP contribution in [0.4, 0.5) is 14.9 Å². The Bertz CT molecular complexity index is 593. The summed E-state index contributed by atoms with van der Waals surface area (Å²) in [5.41, 5.74) is 0.273. The Morgan fingerprint density at radius 1 is 1.05 bits per heavy atom. The molecule has 1 atom stereocenters. The lowest BCUT2D eigenvalue weighted by atomic mass is 9.87. The molecule has 1 N–H and O–H groups in total. The zero-order valence-corrected chi connectivity index (χ0v) is 11.3. The Kier molecular flexibility index (Phi) is 3.45. The van der Waals surface area contributed by atoms with Gasteiger partial charge in [-0.1, -0.05) is 12.8 Å². The average molecular weight is 290 g/mol. The molecule has 1 aromatic rings. The van der Waals surface area contributed by atoms with Crippen LogP contribution in [0.3, 0.4) is 0 Å². The number of carbonyl (C=O) groups is 3. The van der Waals surface area contributed by atoms with Gasteiger partial charge in [-0.2, -0.15) is 0 Å². The van der Waals surface area contributed by atoms with Gasteiger partial charge in [0.2, 0.25) is 11.8 Å². The third-order valence-corrected chi connectivity index (χ3v) is 4.16. The Morgan fingerprint density at radius 2 is 1.67 bits per heavy atom. The monoisotopic (exact) mass is 290 g/mol. The van der Waals surface area contributed by atoms with Crippen LogP contribution in [-0.2, 0) is 9.59 Å². The normalized spacial score (nSPS) is 23.6. The van der Waals surface area contributed by atoms with Crippen LogP contribution in [0.2, 0.25) is 0 Å². The molecule has 2 aliphatic rings. The standard InChI is InChI=1S/C15H15FN2O3/c16-10-5-7-11(8-6-10)18-14(20)12(9-3-1-2-4-9)13(19)17-15(18)21/h5-9,12H,1-4H2,(H,17,19,21). The lowest BCUT2D eigenvalue weighted by Gasteiger charge is -2.32. The van der Waals surface area contributed by atoms with Crippen molar-refractivity contribution in [3.05, 3.63) is 30.1 Å². The van der Waals surface area contributed by atoms with Gasteiger partial charge in [-0.15, -0.1) is 0 Å². The molecule has 1 saturated carbocycles. The van der Waals surface area contributed by atoms with Gasteiger partial charge in [0.05, 0.1) is 5.69 Å². The molecule has 0 spiro atoms. The van der Waals surface area contributed by atoms with E-state index < -0.39 is 29.6 Å². The Balaban J connectivity index is 1.92. The maximum Gasteiger partial charge on any atom is 0.335 e. The van der Waals surface area contributed by atoms with E-state index in [1.54, 1.807) is 0 Å². The SMILES string of the molecule is O=C1NC(=O)N(c2ccc(F)cc2)C(=O)C1C1CCCC1. The van der Waals surface area contributed by atoms with Crippen molar-refractivity contribution in [2.24, 2.45) is 11.8 Å². The van der Waals surface area contributed by atoms with Crippen LogP contribution in [0, 0.1) is 17.7 Å². The predicted molar refractivity (Wildman–Crippen MR) is 72.9 cm³/mol. The molecular weight excluding hydrogens is 275 g/mol. The van der Waals surface area contributed by atoms with Crippen LogP contribution in [-0.4, -0.2) is 17.8 Å². The summed E-state index contributed by atoms with van der Waals surface area (Å²) in [4.78, 5) is 37.4. The molecule has 6 heteroatoms. The van der Waals surface area contributed by atoms with Gasteiger partial charge in [0.15, 0.2) is 0 Å². The molecule has 0 aromatic heterocycles. The zero-order valence-electron chi connectivity index (χ0n) is 11.3. The van der Waals surface area contributed by atoms with Crippen molar-refractivity contribution in [2.75, 3.05) is 4.90 Å². The third-order valence-electron chi connectivity index (χ3n) is 4.16. The topological polar surface area (TPSA) is 66.5 Å². The summed E-state index contributed by atoms with van der Waals surface area (Å²) in [6, 6.07) is 4.29. The number of halogens is 1. The molecule has 110 valence electrons. The largest absolute Gasteiger partial charge is 0.335 e. The Labute approximate surface area is 121 Å². The molecule has 1 aliphatic carbocycles. The number of hydrogen-bond donors (Lipinski definition) is 1. The molecular formula is C15H15FN2O3. The van der Waals surface area contributed by atoms with Crippen molar-refractivity contribution in [3.63, 3.8) is 0 Å². The van der Waals surface area contributed by atoms with Crippen LogP contribution in [0.5, 0.6) is 0 Å². The van der Waals surface area contributed by atoms with Gasteiger partial charge in [0, 0.05) is 0 Å². The van der Waals surface area contributed by atoms with Gasteiger partial charge in [0.25, 0.3) is 0 Å². The second-order valence-electron chi connectivity index (χ2n) is 5.47. The number of amides is 4. The van der Waals surface area contributed by atoms with E-state index in [0.717, 1.165) is 30.6 Å². The van der Waals surface area contributed by atoms with E-state index in [1.165, 1.54) is 24.3 Å². The summed E-state index contributed by atoms with van der Waals surface area (Å²) in [6.07, 6.45) is 3.61. The highest BCUT2D eigenvalue weighted by molar-refractivity contribution is 6.27. The molecule has 1 heterocycles. The first-order valence-electron chi connectivity index (χ1n) is 7.02.